The van der Waals surface area contributed by atoms with Crippen LogP contribution in [0.5, 0.6) is 0 Å². The molecule has 0 aromatic carbocycles. The fraction of sp³-hybridized carbons (Fsp3) is 1.00. The summed E-state index contributed by atoms with van der Waals surface area (Å²) in [5, 5.41) is 3.80. The average Bonchev–Trinajstić information content (AvgIpc) is 3.05. The lowest BCUT2D eigenvalue weighted by Crippen LogP contribution is -2.49. The van der Waals surface area contributed by atoms with Gasteiger partial charge < -0.3 is 10.2 Å². The molecular formula is C18H36N2. The summed E-state index contributed by atoms with van der Waals surface area (Å²) in [6.07, 6.45) is 11.5. The van der Waals surface area contributed by atoms with Gasteiger partial charge >= 0.3 is 0 Å². The van der Waals surface area contributed by atoms with Gasteiger partial charge in [0.15, 0.2) is 0 Å². The molecule has 1 N–H and O–H groups in total. The van der Waals surface area contributed by atoms with Gasteiger partial charge in [0.2, 0.25) is 0 Å². The molecule has 0 atom stereocenters. The van der Waals surface area contributed by atoms with E-state index < -0.39 is 0 Å². The first-order chi connectivity index (χ1) is 9.44. The second-order valence-electron chi connectivity index (χ2n) is 8.31. The van der Waals surface area contributed by atoms with E-state index in [1.807, 2.05) is 0 Å². The van der Waals surface area contributed by atoms with Crippen molar-refractivity contribution in [2.75, 3.05) is 19.6 Å². The van der Waals surface area contributed by atoms with Gasteiger partial charge in [-0.15, -0.1) is 0 Å². The van der Waals surface area contributed by atoms with E-state index in [9.17, 15) is 0 Å². The molecule has 0 radical (unpaired) electrons. The van der Waals surface area contributed by atoms with Crippen molar-refractivity contribution in [3.05, 3.63) is 0 Å². The van der Waals surface area contributed by atoms with Crippen LogP contribution in [0.4, 0.5) is 0 Å². The van der Waals surface area contributed by atoms with Gasteiger partial charge in [-0.2, -0.15) is 0 Å². The van der Waals surface area contributed by atoms with E-state index in [2.05, 4.69) is 37.9 Å². The van der Waals surface area contributed by atoms with E-state index >= 15 is 0 Å². The fourth-order valence-electron chi connectivity index (χ4n) is 4.17. The zero-order valence-electron chi connectivity index (χ0n) is 14.3. The first kappa shape index (κ1) is 16.3. The number of nitrogens with one attached hydrogen (secondary N) is 1. The highest BCUT2D eigenvalue weighted by atomic mass is 15.2. The molecule has 2 saturated carbocycles. The molecule has 20 heavy (non-hydrogen) atoms. The summed E-state index contributed by atoms with van der Waals surface area (Å²) in [6, 6.07) is 0.882. The number of rotatable bonds is 6. The predicted molar refractivity (Wildman–Crippen MR) is 88.2 cm³/mol. The van der Waals surface area contributed by atoms with E-state index in [1.165, 1.54) is 71.0 Å². The zero-order chi connectivity index (χ0) is 14.6. The maximum Gasteiger partial charge on any atom is 0.00967 e. The standard InChI is InChI=1S/C18H36N2/c1-5-20(16-10-6-7-11-16)15-18(12-8-9-13-18)14-19-17(2,3)4/h16,19H,5-15H2,1-4H3. The van der Waals surface area contributed by atoms with E-state index in [-0.39, 0.29) is 5.54 Å². The minimum absolute atomic E-state index is 0.250. The minimum atomic E-state index is 0.250. The number of nitrogens with zero attached hydrogens (tertiary/aromatic N) is 1. The Morgan fingerprint density at radius 2 is 1.65 bits per heavy atom. The fourth-order valence-corrected chi connectivity index (χ4v) is 4.17. The molecule has 0 spiro atoms. The van der Waals surface area contributed by atoms with Crippen LogP contribution in [0.3, 0.4) is 0 Å². The van der Waals surface area contributed by atoms with Crippen LogP contribution in [0.2, 0.25) is 0 Å². The SMILES string of the molecule is CCN(CC1(CNC(C)(C)C)CCCC1)C1CCCC1. The second-order valence-corrected chi connectivity index (χ2v) is 8.31. The van der Waals surface area contributed by atoms with E-state index in [0.29, 0.717) is 5.41 Å². The van der Waals surface area contributed by atoms with Crippen molar-refractivity contribution < 1.29 is 0 Å². The molecular weight excluding hydrogens is 244 g/mol. The first-order valence-corrected chi connectivity index (χ1v) is 8.93. The van der Waals surface area contributed by atoms with Crippen LogP contribution in [0.25, 0.3) is 0 Å². The number of hydrogen-bond donors (Lipinski definition) is 1. The maximum atomic E-state index is 3.80. The normalized spacial score (nSPS) is 23.9. The molecule has 0 heterocycles. The topological polar surface area (TPSA) is 15.3 Å². The van der Waals surface area contributed by atoms with E-state index in [1.54, 1.807) is 0 Å². The summed E-state index contributed by atoms with van der Waals surface area (Å²) in [5.74, 6) is 0. The molecule has 0 aliphatic heterocycles. The maximum absolute atomic E-state index is 3.80. The van der Waals surface area contributed by atoms with Crippen molar-refractivity contribution in [2.24, 2.45) is 5.41 Å². The highest BCUT2D eigenvalue weighted by Crippen LogP contribution is 2.40. The van der Waals surface area contributed by atoms with Gasteiger partial charge in [0.1, 0.15) is 0 Å². The lowest BCUT2D eigenvalue weighted by Gasteiger charge is -2.40. The van der Waals surface area contributed by atoms with Crippen LogP contribution in [-0.2, 0) is 0 Å². The third kappa shape index (κ3) is 4.46. The van der Waals surface area contributed by atoms with Gasteiger partial charge in [-0.05, 0) is 58.4 Å². The molecule has 2 heteroatoms. The molecule has 0 saturated heterocycles. The molecule has 2 rings (SSSR count). The first-order valence-electron chi connectivity index (χ1n) is 8.93. The van der Waals surface area contributed by atoms with Gasteiger partial charge in [0.25, 0.3) is 0 Å². The monoisotopic (exact) mass is 280 g/mol. The molecule has 0 aromatic rings. The molecule has 2 aliphatic carbocycles. The van der Waals surface area contributed by atoms with E-state index in [0.717, 1.165) is 6.04 Å². The highest BCUT2D eigenvalue weighted by Gasteiger charge is 2.37. The lowest BCUT2D eigenvalue weighted by atomic mass is 9.84. The summed E-state index contributed by atoms with van der Waals surface area (Å²) in [6.45, 7) is 13.0. The second kappa shape index (κ2) is 6.79. The van der Waals surface area contributed by atoms with Crippen LogP contribution in [0, 0.1) is 5.41 Å². The van der Waals surface area contributed by atoms with Gasteiger partial charge in [-0.1, -0.05) is 32.6 Å². The van der Waals surface area contributed by atoms with Crippen molar-refractivity contribution >= 4 is 0 Å². The highest BCUT2D eigenvalue weighted by molar-refractivity contribution is 4.93. The molecule has 0 amide bonds. The van der Waals surface area contributed by atoms with E-state index in [4.69, 9.17) is 0 Å². The van der Waals surface area contributed by atoms with Crippen LogP contribution < -0.4 is 5.32 Å². The van der Waals surface area contributed by atoms with Crippen molar-refractivity contribution in [1.29, 1.82) is 0 Å². The molecule has 2 aliphatic rings. The summed E-state index contributed by atoms with van der Waals surface area (Å²) in [5.41, 5.74) is 0.797. The largest absolute Gasteiger partial charge is 0.311 e. The lowest BCUT2D eigenvalue weighted by molar-refractivity contribution is 0.109. The Morgan fingerprint density at radius 3 is 2.15 bits per heavy atom. The smallest absolute Gasteiger partial charge is 0.00967 e. The Hall–Kier alpha value is -0.0800. The molecule has 0 unspecified atom stereocenters. The van der Waals surface area contributed by atoms with Crippen molar-refractivity contribution in [2.45, 2.75) is 90.6 Å². The van der Waals surface area contributed by atoms with Crippen LogP contribution in [-0.4, -0.2) is 36.1 Å². The molecule has 118 valence electrons. The Morgan fingerprint density at radius 1 is 1.05 bits per heavy atom. The molecule has 0 bridgehead atoms. The van der Waals surface area contributed by atoms with Gasteiger partial charge in [-0.25, -0.2) is 0 Å². The predicted octanol–water partition coefficient (Wildman–Crippen LogP) is 4.20. The number of hydrogen-bond acceptors (Lipinski definition) is 2. The van der Waals surface area contributed by atoms with Crippen LogP contribution >= 0.6 is 0 Å². The molecule has 0 aromatic heterocycles. The molecule has 2 fully saturated rings. The minimum Gasteiger partial charge on any atom is -0.311 e. The quantitative estimate of drug-likeness (QED) is 0.784. The van der Waals surface area contributed by atoms with Crippen molar-refractivity contribution in [3.8, 4) is 0 Å². The average molecular weight is 280 g/mol. The Bertz CT molecular complexity index is 280. The van der Waals surface area contributed by atoms with Gasteiger partial charge in [-0.3, -0.25) is 0 Å². The van der Waals surface area contributed by atoms with Crippen LogP contribution in [0.1, 0.15) is 79.1 Å². The summed E-state index contributed by atoms with van der Waals surface area (Å²) >= 11 is 0. The third-order valence-corrected chi connectivity index (χ3v) is 5.44. The van der Waals surface area contributed by atoms with Crippen molar-refractivity contribution in [1.82, 2.24) is 10.2 Å². The Kier molecular flexibility index (Phi) is 5.53. The van der Waals surface area contributed by atoms with Gasteiger partial charge in [0.05, 0.1) is 0 Å². The summed E-state index contributed by atoms with van der Waals surface area (Å²) in [7, 11) is 0. The van der Waals surface area contributed by atoms with Crippen LogP contribution in [0.15, 0.2) is 0 Å². The van der Waals surface area contributed by atoms with Crippen molar-refractivity contribution in [3.63, 3.8) is 0 Å². The summed E-state index contributed by atoms with van der Waals surface area (Å²) < 4.78 is 0. The summed E-state index contributed by atoms with van der Waals surface area (Å²) in [4.78, 5) is 2.81. The Balaban J connectivity index is 1.96. The third-order valence-electron chi connectivity index (χ3n) is 5.44. The Labute approximate surface area is 126 Å². The zero-order valence-corrected chi connectivity index (χ0v) is 14.3. The molecule has 2 nitrogen and oxygen atoms in total. The van der Waals surface area contributed by atoms with Gasteiger partial charge in [0, 0.05) is 24.7 Å².